The number of piperazine rings is 1. The van der Waals surface area contributed by atoms with Crippen molar-refractivity contribution in [2.45, 2.75) is 32.5 Å². The predicted molar refractivity (Wildman–Crippen MR) is 83.9 cm³/mol. The molecule has 120 valence electrons. The topological polar surface area (TPSA) is 79.4 Å². The number of rotatable bonds is 3. The Hall–Kier alpha value is -1.73. The average Bonchev–Trinajstić information content (AvgIpc) is 2.88. The molecule has 1 amide bonds. The lowest BCUT2D eigenvalue weighted by atomic mass is 10.00. The van der Waals surface area contributed by atoms with E-state index in [0.717, 1.165) is 32.6 Å². The minimum Gasteiger partial charge on any atom is -0.375 e. The molecule has 3 heterocycles. The first kappa shape index (κ1) is 15.2. The van der Waals surface area contributed by atoms with Gasteiger partial charge in [-0.15, -0.1) is 0 Å². The normalized spacial score (nSPS) is 28.6. The van der Waals surface area contributed by atoms with E-state index in [4.69, 9.17) is 4.74 Å². The lowest BCUT2D eigenvalue weighted by Gasteiger charge is -2.27. The fourth-order valence-corrected chi connectivity index (χ4v) is 3.04. The van der Waals surface area contributed by atoms with E-state index in [-0.39, 0.29) is 24.0 Å². The third kappa shape index (κ3) is 3.36. The summed E-state index contributed by atoms with van der Waals surface area (Å²) in [6.45, 7) is 7.63. The molecule has 7 heteroatoms. The van der Waals surface area contributed by atoms with Crippen molar-refractivity contribution in [3.63, 3.8) is 0 Å². The van der Waals surface area contributed by atoms with Crippen LogP contribution < -0.4 is 15.5 Å². The van der Waals surface area contributed by atoms with E-state index < -0.39 is 0 Å². The number of carbonyl (C=O) groups is 1. The monoisotopic (exact) mass is 305 g/mol. The molecule has 3 unspecified atom stereocenters. The number of amides is 1. The van der Waals surface area contributed by atoms with E-state index in [2.05, 4.69) is 25.5 Å². The third-order valence-electron chi connectivity index (χ3n) is 4.24. The maximum absolute atomic E-state index is 12.3. The fourth-order valence-electron chi connectivity index (χ4n) is 3.04. The van der Waals surface area contributed by atoms with Gasteiger partial charge in [0, 0.05) is 26.2 Å². The van der Waals surface area contributed by atoms with Gasteiger partial charge in [-0.3, -0.25) is 4.79 Å². The Bertz CT molecular complexity index is 515. The van der Waals surface area contributed by atoms with Crippen molar-refractivity contribution >= 4 is 17.5 Å². The molecule has 3 atom stereocenters. The third-order valence-corrected chi connectivity index (χ3v) is 4.24. The molecule has 2 saturated heterocycles. The SMILES string of the molecule is CC1CC(C(=O)Nc2cnc(N3CCNCC3)nc2)C(C)O1. The van der Waals surface area contributed by atoms with Gasteiger partial charge in [0.15, 0.2) is 0 Å². The summed E-state index contributed by atoms with van der Waals surface area (Å²) < 4.78 is 5.63. The molecular formula is C15H23N5O2. The van der Waals surface area contributed by atoms with E-state index in [9.17, 15) is 4.79 Å². The van der Waals surface area contributed by atoms with Gasteiger partial charge in [-0.05, 0) is 20.3 Å². The van der Waals surface area contributed by atoms with Crippen LogP contribution in [0.2, 0.25) is 0 Å². The molecule has 2 aliphatic heterocycles. The molecule has 0 aromatic carbocycles. The van der Waals surface area contributed by atoms with Crippen molar-refractivity contribution in [1.82, 2.24) is 15.3 Å². The number of hydrogen-bond acceptors (Lipinski definition) is 6. The Labute approximate surface area is 130 Å². The van der Waals surface area contributed by atoms with Crippen molar-refractivity contribution < 1.29 is 9.53 Å². The average molecular weight is 305 g/mol. The second kappa shape index (κ2) is 6.58. The van der Waals surface area contributed by atoms with E-state index >= 15 is 0 Å². The fraction of sp³-hybridized carbons (Fsp3) is 0.667. The molecule has 0 saturated carbocycles. The Kier molecular flexibility index (Phi) is 4.54. The maximum Gasteiger partial charge on any atom is 0.230 e. The summed E-state index contributed by atoms with van der Waals surface area (Å²) in [5.74, 6) is 0.587. The predicted octanol–water partition coefficient (Wildman–Crippen LogP) is 0.638. The van der Waals surface area contributed by atoms with E-state index in [1.165, 1.54) is 0 Å². The lowest BCUT2D eigenvalue weighted by molar-refractivity contribution is -0.121. The summed E-state index contributed by atoms with van der Waals surface area (Å²) in [5.41, 5.74) is 0.635. The van der Waals surface area contributed by atoms with Crippen LogP contribution in [0.3, 0.4) is 0 Å². The Morgan fingerprint density at radius 2 is 2.00 bits per heavy atom. The molecule has 0 radical (unpaired) electrons. The summed E-state index contributed by atoms with van der Waals surface area (Å²) in [6.07, 6.45) is 4.19. The van der Waals surface area contributed by atoms with Gasteiger partial charge in [0.2, 0.25) is 11.9 Å². The maximum atomic E-state index is 12.3. The van der Waals surface area contributed by atoms with Crippen molar-refractivity contribution in [3.8, 4) is 0 Å². The van der Waals surface area contributed by atoms with Crippen LogP contribution in [0.1, 0.15) is 20.3 Å². The second-order valence-corrected chi connectivity index (χ2v) is 5.99. The van der Waals surface area contributed by atoms with Crippen molar-refractivity contribution in [2.75, 3.05) is 36.4 Å². The highest BCUT2D eigenvalue weighted by Gasteiger charge is 2.35. The highest BCUT2D eigenvalue weighted by Crippen LogP contribution is 2.27. The molecule has 0 bridgehead atoms. The molecule has 1 aromatic rings. The number of anilines is 2. The van der Waals surface area contributed by atoms with Crippen LogP contribution in [-0.4, -0.2) is 54.3 Å². The minimum absolute atomic E-state index is 0.0182. The summed E-state index contributed by atoms with van der Waals surface area (Å²) in [6, 6.07) is 0. The first-order valence-electron chi connectivity index (χ1n) is 7.87. The Balaban J connectivity index is 1.60. The Morgan fingerprint density at radius 1 is 1.32 bits per heavy atom. The highest BCUT2D eigenvalue weighted by molar-refractivity contribution is 5.92. The van der Waals surface area contributed by atoms with Gasteiger partial charge in [0.1, 0.15) is 0 Å². The van der Waals surface area contributed by atoms with Gasteiger partial charge < -0.3 is 20.3 Å². The number of hydrogen-bond donors (Lipinski definition) is 2. The van der Waals surface area contributed by atoms with Gasteiger partial charge in [-0.25, -0.2) is 9.97 Å². The molecule has 2 aliphatic rings. The van der Waals surface area contributed by atoms with E-state index in [1.807, 2.05) is 13.8 Å². The molecule has 7 nitrogen and oxygen atoms in total. The molecule has 1 aromatic heterocycles. The first-order valence-corrected chi connectivity index (χ1v) is 7.87. The molecule has 0 spiro atoms. The zero-order valence-electron chi connectivity index (χ0n) is 13.1. The summed E-state index contributed by atoms with van der Waals surface area (Å²) >= 11 is 0. The zero-order valence-corrected chi connectivity index (χ0v) is 13.1. The van der Waals surface area contributed by atoms with Crippen LogP contribution in [0.25, 0.3) is 0 Å². The van der Waals surface area contributed by atoms with Gasteiger partial charge >= 0.3 is 0 Å². The second-order valence-electron chi connectivity index (χ2n) is 5.99. The van der Waals surface area contributed by atoms with Gasteiger partial charge in [0.25, 0.3) is 0 Å². The van der Waals surface area contributed by atoms with Crippen molar-refractivity contribution in [1.29, 1.82) is 0 Å². The standard InChI is InChI=1S/C15H23N5O2/c1-10-7-13(11(2)22-10)14(21)19-12-8-17-15(18-9-12)20-5-3-16-4-6-20/h8-11,13,16H,3-7H2,1-2H3,(H,19,21). The zero-order chi connectivity index (χ0) is 15.5. The number of nitrogens with one attached hydrogen (secondary N) is 2. The molecule has 0 aliphatic carbocycles. The van der Waals surface area contributed by atoms with E-state index in [0.29, 0.717) is 11.6 Å². The van der Waals surface area contributed by atoms with Crippen molar-refractivity contribution in [3.05, 3.63) is 12.4 Å². The highest BCUT2D eigenvalue weighted by atomic mass is 16.5. The lowest BCUT2D eigenvalue weighted by Crippen LogP contribution is -2.44. The first-order chi connectivity index (χ1) is 10.6. The summed E-state index contributed by atoms with van der Waals surface area (Å²) in [5, 5.41) is 6.18. The molecule has 3 rings (SSSR count). The molecule has 22 heavy (non-hydrogen) atoms. The Morgan fingerprint density at radius 3 is 2.59 bits per heavy atom. The molecule has 2 N–H and O–H groups in total. The van der Waals surface area contributed by atoms with Crippen LogP contribution in [0.15, 0.2) is 12.4 Å². The number of carbonyl (C=O) groups excluding carboxylic acids is 1. The molecular weight excluding hydrogens is 282 g/mol. The van der Waals surface area contributed by atoms with Crippen LogP contribution >= 0.6 is 0 Å². The number of nitrogens with zero attached hydrogens (tertiary/aromatic N) is 3. The summed E-state index contributed by atoms with van der Waals surface area (Å²) in [4.78, 5) is 23.1. The quantitative estimate of drug-likeness (QED) is 0.853. The van der Waals surface area contributed by atoms with E-state index in [1.54, 1.807) is 12.4 Å². The number of aromatic nitrogens is 2. The van der Waals surface area contributed by atoms with Crippen LogP contribution in [0.4, 0.5) is 11.6 Å². The minimum atomic E-state index is -0.108. The summed E-state index contributed by atoms with van der Waals surface area (Å²) in [7, 11) is 0. The van der Waals surface area contributed by atoms with Gasteiger partial charge in [-0.1, -0.05) is 0 Å². The van der Waals surface area contributed by atoms with Crippen LogP contribution in [-0.2, 0) is 9.53 Å². The van der Waals surface area contributed by atoms with Gasteiger partial charge in [0.05, 0.1) is 36.2 Å². The number of ether oxygens (including phenoxy) is 1. The van der Waals surface area contributed by atoms with Crippen molar-refractivity contribution in [2.24, 2.45) is 5.92 Å². The van der Waals surface area contributed by atoms with Gasteiger partial charge in [-0.2, -0.15) is 0 Å². The largest absolute Gasteiger partial charge is 0.375 e. The molecule has 2 fully saturated rings. The van der Waals surface area contributed by atoms with Crippen LogP contribution in [0.5, 0.6) is 0 Å². The smallest absolute Gasteiger partial charge is 0.230 e. The van der Waals surface area contributed by atoms with Crippen LogP contribution in [0, 0.1) is 5.92 Å².